The number of imide groups is 2. The summed E-state index contributed by atoms with van der Waals surface area (Å²) < 4.78 is 13.3. The molecule has 2 aromatic heterocycles. The second-order valence-electron chi connectivity index (χ2n) is 10.2. The maximum absolute atomic E-state index is 13.1. The smallest absolute Gasteiger partial charge is 0.331 e. The Hall–Kier alpha value is -4.59. The summed E-state index contributed by atoms with van der Waals surface area (Å²) >= 11 is 0. The van der Waals surface area contributed by atoms with Crippen LogP contribution >= 0.6 is 0 Å². The van der Waals surface area contributed by atoms with Crippen LogP contribution in [-0.2, 0) is 28.1 Å². The molecular formula is C30H29N3O5. The summed E-state index contributed by atoms with van der Waals surface area (Å²) in [6.07, 6.45) is 4.88. The summed E-state index contributed by atoms with van der Waals surface area (Å²) in [5.41, 5.74) is 2.84. The lowest BCUT2D eigenvalue weighted by Gasteiger charge is -2.25. The Bertz CT molecular complexity index is 1520. The number of furan rings is 1. The lowest BCUT2D eigenvalue weighted by atomic mass is 9.87. The minimum atomic E-state index is -0.774. The minimum Gasteiger partial charge on any atom is -0.492 e. The number of hydrogen-bond acceptors (Lipinski definition) is 5. The number of carbonyl (C=O) groups excluding carboxylic acids is 3. The second kappa shape index (κ2) is 10.0. The van der Waals surface area contributed by atoms with Gasteiger partial charge in [0.1, 0.15) is 23.7 Å². The molecule has 1 aliphatic rings. The highest BCUT2D eigenvalue weighted by Gasteiger charge is 2.36. The van der Waals surface area contributed by atoms with Crippen LogP contribution in [0.25, 0.3) is 17.0 Å². The van der Waals surface area contributed by atoms with Gasteiger partial charge in [-0.3, -0.25) is 19.8 Å². The minimum absolute atomic E-state index is 0.0713. The van der Waals surface area contributed by atoms with Gasteiger partial charge >= 0.3 is 6.03 Å². The van der Waals surface area contributed by atoms with Crippen LogP contribution in [0.15, 0.2) is 83.1 Å². The summed E-state index contributed by atoms with van der Waals surface area (Å²) in [5.74, 6) is -0.168. The van der Waals surface area contributed by atoms with Crippen LogP contribution in [0, 0.1) is 0 Å². The summed E-state index contributed by atoms with van der Waals surface area (Å²) in [4.78, 5) is 39.1. The van der Waals surface area contributed by atoms with Crippen molar-refractivity contribution in [2.24, 2.45) is 0 Å². The zero-order valence-electron chi connectivity index (χ0n) is 21.6. The fourth-order valence-electron chi connectivity index (χ4n) is 4.44. The molecule has 0 radical (unpaired) electrons. The monoisotopic (exact) mass is 511 g/mol. The molecule has 4 amide bonds. The number of benzene rings is 2. The number of nitrogens with one attached hydrogen (secondary N) is 1. The van der Waals surface area contributed by atoms with Gasteiger partial charge in [-0.05, 0) is 47.4 Å². The molecule has 2 aromatic carbocycles. The molecule has 1 aliphatic heterocycles. The van der Waals surface area contributed by atoms with Crippen LogP contribution < -0.4 is 10.1 Å². The van der Waals surface area contributed by atoms with E-state index in [-0.39, 0.29) is 17.5 Å². The topological polar surface area (TPSA) is 93.8 Å². The third-order valence-electron chi connectivity index (χ3n) is 6.52. The van der Waals surface area contributed by atoms with E-state index in [2.05, 4.69) is 38.2 Å². The predicted molar refractivity (Wildman–Crippen MR) is 143 cm³/mol. The largest absolute Gasteiger partial charge is 0.492 e. The van der Waals surface area contributed by atoms with E-state index < -0.39 is 17.8 Å². The molecule has 0 spiro atoms. The van der Waals surface area contributed by atoms with Crippen LogP contribution in [0.5, 0.6) is 5.75 Å². The fourth-order valence-corrected chi connectivity index (χ4v) is 4.44. The van der Waals surface area contributed by atoms with Crippen molar-refractivity contribution in [3.8, 4) is 5.75 Å². The quantitative estimate of drug-likeness (QED) is 0.269. The van der Waals surface area contributed by atoms with Crippen molar-refractivity contribution in [1.82, 2.24) is 14.8 Å². The molecule has 3 heterocycles. The predicted octanol–water partition coefficient (Wildman–Crippen LogP) is 5.27. The van der Waals surface area contributed by atoms with Gasteiger partial charge in [-0.2, -0.15) is 0 Å². The number of urea groups is 1. The third kappa shape index (κ3) is 5.11. The molecule has 0 aliphatic carbocycles. The average Bonchev–Trinajstić information content (AvgIpc) is 3.52. The van der Waals surface area contributed by atoms with E-state index in [9.17, 15) is 14.4 Å². The highest BCUT2D eigenvalue weighted by atomic mass is 16.5. The van der Waals surface area contributed by atoms with Crippen LogP contribution in [0.2, 0.25) is 0 Å². The first-order valence-electron chi connectivity index (χ1n) is 12.4. The van der Waals surface area contributed by atoms with Gasteiger partial charge in [0.25, 0.3) is 11.8 Å². The molecule has 0 bridgehead atoms. The molecule has 1 saturated heterocycles. The van der Waals surface area contributed by atoms with Gasteiger partial charge in [0.15, 0.2) is 0 Å². The summed E-state index contributed by atoms with van der Waals surface area (Å²) in [5, 5.41) is 3.13. The molecule has 1 N–H and O–H groups in total. The van der Waals surface area contributed by atoms with E-state index in [1.165, 1.54) is 17.9 Å². The summed E-state index contributed by atoms with van der Waals surface area (Å²) in [6.45, 7) is 7.45. The van der Waals surface area contributed by atoms with Gasteiger partial charge in [0.2, 0.25) is 0 Å². The van der Waals surface area contributed by atoms with Crippen LogP contribution in [0.3, 0.4) is 0 Å². The molecule has 38 heavy (non-hydrogen) atoms. The SMILES string of the molecule is CC(C)(C)c1ccc(OCCn2cc(/C=C3\C(=O)NC(=O)N(Cc4ccco4)C3=O)c3ccccc32)cc1. The van der Waals surface area contributed by atoms with Gasteiger partial charge in [0, 0.05) is 22.7 Å². The van der Waals surface area contributed by atoms with Crippen molar-refractivity contribution in [3.05, 3.63) is 95.6 Å². The number of para-hydroxylation sites is 1. The first-order valence-corrected chi connectivity index (χ1v) is 12.4. The van der Waals surface area contributed by atoms with E-state index in [0.29, 0.717) is 24.5 Å². The first kappa shape index (κ1) is 25.1. The van der Waals surface area contributed by atoms with E-state index in [1.807, 2.05) is 47.2 Å². The number of amides is 4. The number of barbiturate groups is 1. The van der Waals surface area contributed by atoms with Crippen LogP contribution in [-0.4, -0.2) is 33.9 Å². The average molecular weight is 512 g/mol. The van der Waals surface area contributed by atoms with E-state index in [1.54, 1.807) is 12.1 Å². The summed E-state index contributed by atoms with van der Waals surface area (Å²) in [6, 6.07) is 18.4. The van der Waals surface area contributed by atoms with Gasteiger partial charge in [-0.25, -0.2) is 4.79 Å². The Balaban J connectivity index is 1.36. The van der Waals surface area contributed by atoms with E-state index in [0.717, 1.165) is 21.6 Å². The molecule has 0 unspecified atom stereocenters. The number of aromatic nitrogens is 1. The molecule has 0 saturated carbocycles. The number of nitrogens with zero attached hydrogens (tertiary/aromatic N) is 2. The number of hydrogen-bond donors (Lipinski definition) is 1. The molecular weight excluding hydrogens is 482 g/mol. The van der Waals surface area contributed by atoms with E-state index >= 15 is 0 Å². The van der Waals surface area contributed by atoms with Crippen molar-refractivity contribution in [1.29, 1.82) is 0 Å². The Morgan fingerprint density at radius 1 is 0.974 bits per heavy atom. The fraction of sp³-hybridized carbons (Fsp3) is 0.233. The third-order valence-corrected chi connectivity index (χ3v) is 6.52. The molecule has 4 aromatic rings. The van der Waals surface area contributed by atoms with Crippen molar-refractivity contribution in [2.45, 2.75) is 39.3 Å². The highest BCUT2D eigenvalue weighted by Crippen LogP contribution is 2.27. The number of ether oxygens (including phenoxy) is 1. The van der Waals surface area contributed by atoms with Crippen molar-refractivity contribution >= 4 is 34.8 Å². The maximum Gasteiger partial charge on any atom is 0.331 e. The Morgan fingerprint density at radius 3 is 2.45 bits per heavy atom. The molecule has 0 atom stereocenters. The number of fused-ring (bicyclic) bond motifs is 1. The lowest BCUT2D eigenvalue weighted by Crippen LogP contribution is -2.53. The van der Waals surface area contributed by atoms with Crippen LogP contribution in [0.1, 0.15) is 37.7 Å². The van der Waals surface area contributed by atoms with Gasteiger partial charge < -0.3 is 13.7 Å². The number of rotatable bonds is 7. The zero-order valence-corrected chi connectivity index (χ0v) is 21.6. The van der Waals surface area contributed by atoms with Crippen LogP contribution in [0.4, 0.5) is 4.79 Å². The van der Waals surface area contributed by atoms with Crippen molar-refractivity contribution < 1.29 is 23.5 Å². The second-order valence-corrected chi connectivity index (χ2v) is 10.2. The highest BCUT2D eigenvalue weighted by molar-refractivity contribution is 6.31. The molecule has 5 rings (SSSR count). The molecule has 194 valence electrons. The van der Waals surface area contributed by atoms with Gasteiger partial charge in [0.05, 0.1) is 19.4 Å². The summed E-state index contributed by atoms with van der Waals surface area (Å²) in [7, 11) is 0. The molecule has 1 fully saturated rings. The normalized spacial score (nSPS) is 15.4. The van der Waals surface area contributed by atoms with Crippen molar-refractivity contribution in [2.75, 3.05) is 6.61 Å². The zero-order chi connectivity index (χ0) is 26.9. The number of carbonyl (C=O) groups is 3. The standard InChI is InChI=1S/C30H29N3O5/c1-30(2,3)21-10-12-22(13-11-21)38-16-14-32-18-20(24-8-4-5-9-26(24)32)17-25-27(34)31-29(36)33(28(25)35)19-23-7-6-15-37-23/h4-13,15,17-18H,14,16,19H2,1-3H3,(H,31,34,36)/b25-17+. The maximum atomic E-state index is 13.1. The Kier molecular flexibility index (Phi) is 6.63. The Labute approximate surface area is 220 Å². The molecule has 8 heteroatoms. The first-order chi connectivity index (χ1) is 18.2. The molecule has 8 nitrogen and oxygen atoms in total. The van der Waals surface area contributed by atoms with Gasteiger partial charge in [-0.15, -0.1) is 0 Å². The van der Waals surface area contributed by atoms with Gasteiger partial charge in [-0.1, -0.05) is 51.1 Å². The van der Waals surface area contributed by atoms with Crippen molar-refractivity contribution in [3.63, 3.8) is 0 Å². The lowest BCUT2D eigenvalue weighted by molar-refractivity contribution is -0.130. The van der Waals surface area contributed by atoms with E-state index in [4.69, 9.17) is 9.15 Å². The Morgan fingerprint density at radius 2 is 1.74 bits per heavy atom.